The lowest BCUT2D eigenvalue weighted by molar-refractivity contribution is 0.612. The second kappa shape index (κ2) is 10.5. The summed E-state index contributed by atoms with van der Waals surface area (Å²) in [7, 11) is 0. The number of H-pyrrole nitrogens is 1. The van der Waals surface area contributed by atoms with Crippen molar-refractivity contribution < 1.29 is 4.39 Å². The van der Waals surface area contributed by atoms with E-state index in [4.69, 9.17) is 0 Å². The number of hydrogen-bond acceptors (Lipinski definition) is 4. The van der Waals surface area contributed by atoms with E-state index in [1.54, 1.807) is 29.0 Å². The number of nitrogens with zero attached hydrogens (tertiary/aromatic N) is 5. The fourth-order valence-corrected chi connectivity index (χ4v) is 4.46. The first-order valence-electron chi connectivity index (χ1n) is 12.1. The number of rotatable bonds is 9. The zero-order valence-corrected chi connectivity index (χ0v) is 20.1. The molecule has 0 aliphatic heterocycles. The van der Waals surface area contributed by atoms with Gasteiger partial charge in [-0.15, -0.1) is 5.10 Å². The van der Waals surface area contributed by atoms with E-state index in [-0.39, 0.29) is 11.4 Å². The summed E-state index contributed by atoms with van der Waals surface area (Å²) >= 11 is 0. The van der Waals surface area contributed by atoms with Crippen LogP contribution in [0.4, 0.5) is 4.39 Å². The van der Waals surface area contributed by atoms with Crippen LogP contribution in [-0.4, -0.2) is 29.8 Å². The summed E-state index contributed by atoms with van der Waals surface area (Å²) in [5.41, 5.74) is 4.86. The number of halogens is 1. The minimum atomic E-state index is -0.415. The summed E-state index contributed by atoms with van der Waals surface area (Å²) in [6.07, 6.45) is 5.69. The van der Waals surface area contributed by atoms with E-state index in [0.29, 0.717) is 12.4 Å². The van der Waals surface area contributed by atoms with Crippen molar-refractivity contribution in [3.8, 4) is 28.2 Å². The third kappa shape index (κ3) is 4.75. The Morgan fingerprint density at radius 1 is 0.917 bits per heavy atom. The zero-order valence-electron chi connectivity index (χ0n) is 20.1. The maximum absolute atomic E-state index is 14.5. The number of hydrogen-bond donors (Lipinski definition) is 1. The summed E-state index contributed by atoms with van der Waals surface area (Å²) < 4.78 is 17.7. The van der Waals surface area contributed by atoms with Crippen molar-refractivity contribution in [2.24, 2.45) is 0 Å². The largest absolute Gasteiger partial charge is 0.333 e. The highest BCUT2D eigenvalue weighted by atomic mass is 19.1. The van der Waals surface area contributed by atoms with E-state index >= 15 is 0 Å². The van der Waals surface area contributed by atoms with Crippen molar-refractivity contribution in [3.63, 3.8) is 0 Å². The van der Waals surface area contributed by atoms with Gasteiger partial charge in [0.1, 0.15) is 5.82 Å². The van der Waals surface area contributed by atoms with Gasteiger partial charge in [-0.05, 0) is 52.1 Å². The Bertz CT molecular complexity index is 1500. The topological polar surface area (TPSA) is 81.4 Å². The van der Waals surface area contributed by atoms with E-state index in [0.717, 1.165) is 53.6 Å². The minimum absolute atomic E-state index is 0.237. The number of tetrazole rings is 1. The second-order valence-corrected chi connectivity index (χ2v) is 8.76. The minimum Gasteiger partial charge on any atom is -0.292 e. The Kier molecular flexibility index (Phi) is 6.84. The van der Waals surface area contributed by atoms with Crippen LogP contribution in [0.1, 0.15) is 37.4 Å². The zero-order chi connectivity index (χ0) is 24.9. The summed E-state index contributed by atoms with van der Waals surface area (Å²) in [5.74, 6) is 0.189. The number of benzene rings is 3. The third-order valence-electron chi connectivity index (χ3n) is 6.34. The molecule has 0 aliphatic carbocycles. The van der Waals surface area contributed by atoms with Gasteiger partial charge in [0.05, 0.1) is 12.2 Å². The molecule has 0 amide bonds. The van der Waals surface area contributed by atoms with Gasteiger partial charge in [0.2, 0.25) is 0 Å². The fraction of sp³-hybridized carbons (Fsp3) is 0.214. The first kappa shape index (κ1) is 23.4. The van der Waals surface area contributed by atoms with Crippen molar-refractivity contribution >= 4 is 0 Å². The fourth-order valence-electron chi connectivity index (χ4n) is 4.46. The molecule has 5 aromatic rings. The molecule has 0 atom stereocenters. The monoisotopic (exact) mass is 482 g/mol. The predicted molar refractivity (Wildman–Crippen MR) is 137 cm³/mol. The molecule has 0 bridgehead atoms. The SMILES string of the molecule is CCCCCc1cn(-c2ccccc2F)c(=O)n1Cc1ccc(-c2ccccc2-c2nnn[nH]2)cc1. The molecule has 2 heterocycles. The first-order valence-corrected chi connectivity index (χ1v) is 12.1. The Labute approximate surface area is 208 Å². The molecule has 5 rings (SSSR count). The standard InChI is InChI=1S/C28H27FN6O/c1-2-3-4-9-22-19-35(26-13-8-7-12-25(26)29)28(36)34(22)18-20-14-16-21(17-15-20)23-10-5-6-11-24(23)27-30-32-33-31-27/h5-8,10-17,19H,2-4,9,18H2,1H3,(H,30,31,32,33). The van der Waals surface area contributed by atoms with Gasteiger partial charge in [0.25, 0.3) is 0 Å². The van der Waals surface area contributed by atoms with Crippen LogP contribution in [0.5, 0.6) is 0 Å². The summed E-state index contributed by atoms with van der Waals surface area (Å²) in [6, 6.07) is 22.4. The number of aryl methyl sites for hydroxylation is 1. The molecule has 2 aromatic heterocycles. The molecule has 0 aliphatic rings. The highest BCUT2D eigenvalue weighted by Crippen LogP contribution is 2.29. The van der Waals surface area contributed by atoms with Crippen molar-refractivity contribution in [3.05, 3.63) is 107 Å². The lowest BCUT2D eigenvalue weighted by Gasteiger charge is -2.10. The van der Waals surface area contributed by atoms with Gasteiger partial charge in [0, 0.05) is 17.5 Å². The van der Waals surface area contributed by atoms with Crippen LogP contribution in [0.15, 0.2) is 83.8 Å². The molecule has 3 aromatic carbocycles. The highest BCUT2D eigenvalue weighted by Gasteiger charge is 2.16. The maximum atomic E-state index is 14.5. The molecule has 182 valence electrons. The van der Waals surface area contributed by atoms with E-state index < -0.39 is 5.82 Å². The summed E-state index contributed by atoms with van der Waals surface area (Å²) in [5, 5.41) is 14.2. The lowest BCUT2D eigenvalue weighted by atomic mass is 9.98. The average molecular weight is 483 g/mol. The molecule has 8 heteroatoms. The lowest BCUT2D eigenvalue weighted by Crippen LogP contribution is -2.25. The van der Waals surface area contributed by atoms with Gasteiger partial charge in [0.15, 0.2) is 5.82 Å². The third-order valence-corrected chi connectivity index (χ3v) is 6.34. The Balaban J connectivity index is 1.46. The Hall–Kier alpha value is -4.33. The maximum Gasteiger partial charge on any atom is 0.333 e. The number of nitrogens with one attached hydrogen (secondary N) is 1. The number of unbranched alkanes of at least 4 members (excludes halogenated alkanes) is 2. The first-order chi connectivity index (χ1) is 17.7. The molecule has 0 spiro atoms. The van der Waals surface area contributed by atoms with Crippen molar-refractivity contribution in [1.29, 1.82) is 0 Å². The molecular weight excluding hydrogens is 455 g/mol. The number of aromatic amines is 1. The summed E-state index contributed by atoms with van der Waals surface area (Å²) in [6.45, 7) is 2.56. The van der Waals surface area contributed by atoms with E-state index in [2.05, 4.69) is 27.5 Å². The Morgan fingerprint density at radius 3 is 2.39 bits per heavy atom. The summed E-state index contributed by atoms with van der Waals surface area (Å²) in [4.78, 5) is 13.4. The molecule has 36 heavy (non-hydrogen) atoms. The van der Waals surface area contributed by atoms with E-state index in [1.807, 2.05) is 48.5 Å². The van der Waals surface area contributed by atoms with Crippen LogP contribution in [0.3, 0.4) is 0 Å². The quantitative estimate of drug-likeness (QED) is 0.285. The molecule has 0 saturated carbocycles. The smallest absolute Gasteiger partial charge is 0.292 e. The van der Waals surface area contributed by atoms with Crippen LogP contribution < -0.4 is 5.69 Å². The van der Waals surface area contributed by atoms with Crippen LogP contribution in [-0.2, 0) is 13.0 Å². The van der Waals surface area contributed by atoms with Crippen LogP contribution >= 0.6 is 0 Å². The molecule has 0 saturated heterocycles. The molecule has 7 nitrogen and oxygen atoms in total. The number of imidazole rings is 1. The van der Waals surface area contributed by atoms with Crippen molar-refractivity contribution in [2.45, 2.75) is 39.2 Å². The van der Waals surface area contributed by atoms with Gasteiger partial charge in [-0.2, -0.15) is 0 Å². The predicted octanol–water partition coefficient (Wildman–Crippen LogP) is 5.41. The molecule has 0 fully saturated rings. The van der Waals surface area contributed by atoms with Crippen LogP contribution in [0.25, 0.3) is 28.2 Å². The number of aromatic nitrogens is 6. The molecular formula is C28H27FN6O. The van der Waals surface area contributed by atoms with Gasteiger partial charge < -0.3 is 0 Å². The Morgan fingerprint density at radius 2 is 1.67 bits per heavy atom. The van der Waals surface area contributed by atoms with Gasteiger partial charge in [-0.25, -0.2) is 14.3 Å². The van der Waals surface area contributed by atoms with Crippen molar-refractivity contribution in [1.82, 2.24) is 29.8 Å². The van der Waals surface area contributed by atoms with Crippen LogP contribution in [0.2, 0.25) is 0 Å². The van der Waals surface area contributed by atoms with E-state index in [1.165, 1.54) is 10.6 Å². The van der Waals surface area contributed by atoms with Crippen LogP contribution in [0, 0.1) is 5.82 Å². The molecule has 0 radical (unpaired) electrons. The van der Waals surface area contributed by atoms with E-state index in [9.17, 15) is 9.18 Å². The number of para-hydroxylation sites is 1. The van der Waals surface area contributed by atoms with Gasteiger partial charge in [-0.3, -0.25) is 9.13 Å². The second-order valence-electron chi connectivity index (χ2n) is 8.76. The van der Waals surface area contributed by atoms with Gasteiger partial charge in [-0.1, -0.05) is 80.4 Å². The highest BCUT2D eigenvalue weighted by molar-refractivity contribution is 5.80. The molecule has 1 N–H and O–H groups in total. The normalized spacial score (nSPS) is 11.2. The van der Waals surface area contributed by atoms with Crippen molar-refractivity contribution in [2.75, 3.05) is 0 Å². The van der Waals surface area contributed by atoms with Gasteiger partial charge >= 0.3 is 5.69 Å². The average Bonchev–Trinajstić information content (AvgIpc) is 3.55. The molecule has 0 unspecified atom stereocenters.